The van der Waals surface area contributed by atoms with Crippen LogP contribution in [0.1, 0.15) is 25.7 Å². The van der Waals surface area contributed by atoms with Gasteiger partial charge in [0.15, 0.2) is 0 Å². The molecule has 0 atom stereocenters. The lowest BCUT2D eigenvalue weighted by molar-refractivity contribution is 0.0475. The van der Waals surface area contributed by atoms with E-state index in [2.05, 4.69) is 0 Å². The number of esters is 1. The van der Waals surface area contributed by atoms with Crippen LogP contribution < -0.4 is 5.73 Å². The van der Waals surface area contributed by atoms with Crippen molar-refractivity contribution >= 4 is 23.0 Å². The van der Waals surface area contributed by atoms with E-state index >= 15 is 0 Å². The molecule has 4 nitrogen and oxygen atoms in total. The number of carbonyl (C=O) groups is 1. The Balaban J connectivity index is 2.09. The van der Waals surface area contributed by atoms with Crippen LogP contribution in [0.25, 0.3) is 0 Å². The van der Waals surface area contributed by atoms with Gasteiger partial charge in [-0.3, -0.25) is 0 Å². The van der Waals surface area contributed by atoms with Gasteiger partial charge in [-0.1, -0.05) is 12.1 Å². The zero-order valence-corrected chi connectivity index (χ0v) is 11.5. The van der Waals surface area contributed by atoms with E-state index in [9.17, 15) is 9.18 Å². The van der Waals surface area contributed by atoms with Crippen LogP contribution in [0.2, 0.25) is 0 Å². The molecule has 2 N–H and O–H groups in total. The number of aryl methyl sites for hydroxylation is 1. The van der Waals surface area contributed by atoms with Crippen molar-refractivity contribution in [1.29, 1.82) is 5.26 Å². The average molecular weight is 290 g/mol. The van der Waals surface area contributed by atoms with Crippen molar-refractivity contribution in [3.63, 3.8) is 0 Å². The van der Waals surface area contributed by atoms with Crippen LogP contribution in [-0.2, 0) is 11.3 Å². The third kappa shape index (κ3) is 2.78. The minimum atomic E-state index is -0.662. The quantitative estimate of drug-likeness (QED) is 0.882. The van der Waals surface area contributed by atoms with Crippen LogP contribution in [0.3, 0.4) is 0 Å². The van der Waals surface area contributed by atoms with Crippen LogP contribution >= 0.6 is 11.3 Å². The lowest BCUT2D eigenvalue weighted by Crippen LogP contribution is -2.05. The normalized spacial score (nSPS) is 10.1. The topological polar surface area (TPSA) is 76.1 Å². The highest BCUT2D eigenvalue weighted by molar-refractivity contribution is 7.14. The molecule has 0 spiro atoms. The molecule has 0 amide bonds. The first-order valence-corrected chi connectivity index (χ1v) is 6.55. The van der Waals surface area contributed by atoms with Crippen LogP contribution in [-0.4, -0.2) is 5.97 Å². The first-order chi connectivity index (χ1) is 9.52. The van der Waals surface area contributed by atoms with Gasteiger partial charge in [-0.05, 0) is 19.1 Å². The van der Waals surface area contributed by atoms with Gasteiger partial charge >= 0.3 is 5.97 Å². The van der Waals surface area contributed by atoms with E-state index in [0.29, 0.717) is 10.6 Å². The molecule has 0 aliphatic rings. The van der Waals surface area contributed by atoms with Crippen molar-refractivity contribution in [3.05, 3.63) is 51.0 Å². The third-order valence-electron chi connectivity index (χ3n) is 2.72. The van der Waals surface area contributed by atoms with Crippen LogP contribution in [0.15, 0.2) is 24.3 Å². The van der Waals surface area contributed by atoms with Gasteiger partial charge in [0.25, 0.3) is 0 Å². The number of hydrogen-bond donors (Lipinski definition) is 1. The number of anilines is 1. The van der Waals surface area contributed by atoms with Gasteiger partial charge in [0, 0.05) is 16.1 Å². The van der Waals surface area contributed by atoms with E-state index in [-0.39, 0.29) is 17.7 Å². The second-order valence-electron chi connectivity index (χ2n) is 4.09. The molecule has 0 unspecified atom stereocenters. The summed E-state index contributed by atoms with van der Waals surface area (Å²) >= 11 is 1.22. The predicted molar refractivity (Wildman–Crippen MR) is 73.7 cm³/mol. The molecule has 0 aliphatic heterocycles. The van der Waals surface area contributed by atoms with E-state index in [0.717, 1.165) is 4.88 Å². The number of nitrogens with two attached hydrogens (primary N) is 1. The molecule has 0 bridgehead atoms. The molecule has 1 aromatic heterocycles. The molecule has 2 aromatic rings. The number of ether oxygens (including phenoxy) is 1. The van der Waals surface area contributed by atoms with Gasteiger partial charge in [-0.15, -0.1) is 11.3 Å². The number of rotatable bonds is 3. The lowest BCUT2D eigenvalue weighted by Gasteiger charge is -2.05. The molecule has 102 valence electrons. The van der Waals surface area contributed by atoms with Crippen LogP contribution in [0.4, 0.5) is 10.1 Å². The highest BCUT2D eigenvalue weighted by atomic mass is 32.1. The van der Waals surface area contributed by atoms with E-state index in [4.69, 9.17) is 15.7 Å². The molecule has 1 heterocycles. The number of halogens is 1. The molecule has 0 aliphatic carbocycles. The fourth-order valence-corrected chi connectivity index (χ4v) is 2.42. The fraction of sp³-hybridized carbons (Fsp3) is 0.143. The Kier molecular flexibility index (Phi) is 4.01. The maximum Gasteiger partial charge on any atom is 0.348 e. The van der Waals surface area contributed by atoms with Gasteiger partial charge in [0.05, 0.1) is 5.56 Å². The Morgan fingerprint density at radius 1 is 1.55 bits per heavy atom. The summed E-state index contributed by atoms with van der Waals surface area (Å²) in [5.41, 5.74) is 6.27. The standard InChI is InChI=1S/C14H11FN2O2S/c1-8-11(17)5-12(20-8)14(18)19-7-10-4-2-3-9(6-16)13(10)15/h2-5H,7,17H2,1H3. The van der Waals surface area contributed by atoms with E-state index < -0.39 is 11.8 Å². The summed E-state index contributed by atoms with van der Waals surface area (Å²) in [6.07, 6.45) is 0. The second kappa shape index (κ2) is 5.72. The Morgan fingerprint density at radius 2 is 2.30 bits per heavy atom. The summed E-state index contributed by atoms with van der Waals surface area (Å²) in [4.78, 5) is 13.0. The van der Waals surface area contributed by atoms with Crippen LogP contribution in [0.5, 0.6) is 0 Å². The SMILES string of the molecule is Cc1sc(C(=O)OCc2cccc(C#N)c2F)cc1N. The molecule has 0 fully saturated rings. The summed E-state index contributed by atoms with van der Waals surface area (Å²) in [6.45, 7) is 1.57. The molecule has 0 radical (unpaired) electrons. The fourth-order valence-electron chi connectivity index (χ4n) is 1.59. The van der Waals surface area contributed by atoms with Crippen molar-refractivity contribution in [1.82, 2.24) is 0 Å². The van der Waals surface area contributed by atoms with Gasteiger partial charge in [-0.25, -0.2) is 9.18 Å². The van der Waals surface area contributed by atoms with E-state index in [1.54, 1.807) is 13.0 Å². The Labute approximate surface area is 119 Å². The number of nitrogens with zero attached hydrogens (tertiary/aromatic N) is 1. The van der Waals surface area contributed by atoms with Gasteiger partial charge in [0.2, 0.25) is 0 Å². The van der Waals surface area contributed by atoms with E-state index in [1.165, 1.54) is 35.6 Å². The van der Waals surface area contributed by atoms with Crippen molar-refractivity contribution in [2.75, 3.05) is 5.73 Å². The van der Waals surface area contributed by atoms with Gasteiger partial charge in [-0.2, -0.15) is 5.26 Å². The smallest absolute Gasteiger partial charge is 0.348 e. The number of hydrogen-bond acceptors (Lipinski definition) is 5. The van der Waals surface area contributed by atoms with Crippen molar-refractivity contribution in [3.8, 4) is 6.07 Å². The average Bonchev–Trinajstić information content (AvgIpc) is 2.77. The zero-order chi connectivity index (χ0) is 14.7. The van der Waals surface area contributed by atoms with Gasteiger partial charge < -0.3 is 10.5 Å². The molecule has 20 heavy (non-hydrogen) atoms. The van der Waals surface area contributed by atoms with Gasteiger partial charge in [0.1, 0.15) is 23.4 Å². The number of nitriles is 1. The molecule has 0 saturated heterocycles. The maximum atomic E-state index is 13.8. The summed E-state index contributed by atoms with van der Waals surface area (Å²) in [5, 5.41) is 8.72. The number of nitrogen functional groups attached to an aromatic ring is 1. The Hall–Kier alpha value is -2.39. The lowest BCUT2D eigenvalue weighted by atomic mass is 10.1. The number of carbonyl (C=O) groups excluding carboxylic acids is 1. The Bertz CT molecular complexity index is 684. The number of benzene rings is 1. The molecular formula is C14H11FN2O2S. The largest absolute Gasteiger partial charge is 0.457 e. The zero-order valence-electron chi connectivity index (χ0n) is 10.6. The highest BCUT2D eigenvalue weighted by Crippen LogP contribution is 2.24. The molecular weight excluding hydrogens is 279 g/mol. The maximum absolute atomic E-state index is 13.8. The minimum absolute atomic E-state index is 0.0743. The second-order valence-corrected chi connectivity index (χ2v) is 5.35. The summed E-state index contributed by atoms with van der Waals surface area (Å²) < 4.78 is 18.8. The molecule has 2 rings (SSSR count). The Morgan fingerprint density at radius 3 is 2.90 bits per heavy atom. The van der Waals surface area contributed by atoms with E-state index in [1.807, 2.05) is 0 Å². The number of thiophene rings is 1. The molecule has 6 heteroatoms. The minimum Gasteiger partial charge on any atom is -0.457 e. The monoisotopic (exact) mass is 290 g/mol. The first-order valence-electron chi connectivity index (χ1n) is 5.73. The third-order valence-corrected chi connectivity index (χ3v) is 3.76. The van der Waals surface area contributed by atoms with Crippen LogP contribution in [0, 0.1) is 24.1 Å². The summed E-state index contributed by atoms with van der Waals surface area (Å²) in [5.74, 6) is -1.22. The molecule has 1 aromatic carbocycles. The first kappa shape index (κ1) is 14.0. The highest BCUT2D eigenvalue weighted by Gasteiger charge is 2.14. The summed E-state index contributed by atoms with van der Waals surface area (Å²) in [7, 11) is 0. The summed E-state index contributed by atoms with van der Waals surface area (Å²) in [6, 6.07) is 7.64. The van der Waals surface area contributed by atoms with Crippen molar-refractivity contribution in [2.45, 2.75) is 13.5 Å². The van der Waals surface area contributed by atoms with Crippen molar-refractivity contribution in [2.24, 2.45) is 0 Å². The molecule has 0 saturated carbocycles. The van der Waals surface area contributed by atoms with Crippen molar-refractivity contribution < 1.29 is 13.9 Å². The predicted octanol–water partition coefficient (Wildman–Crippen LogP) is 3.01.